The number of aromatic nitrogens is 1. The highest BCUT2D eigenvalue weighted by molar-refractivity contribution is 7.09. The molecular weight excluding hydrogens is 350 g/mol. The summed E-state index contributed by atoms with van der Waals surface area (Å²) in [5.41, 5.74) is 3.34. The Morgan fingerprint density at radius 1 is 1.27 bits per heavy atom. The molecule has 2 amide bonds. The molecule has 7 heteroatoms. The van der Waals surface area contributed by atoms with E-state index in [0.717, 1.165) is 11.3 Å². The number of urea groups is 1. The standard InChI is InChI=1S/C19H25N3O3S/c1-6-25-18(23)16-11-26-17(21-16)10-22(12(2)3)19(24)20-15-8-7-13(4)14(5)9-15/h7-9,11-12H,6,10H2,1-5H3,(H,20,24). The van der Waals surface area contributed by atoms with Gasteiger partial charge in [0.05, 0.1) is 13.2 Å². The summed E-state index contributed by atoms with van der Waals surface area (Å²) in [7, 11) is 0. The third-order valence-electron chi connectivity index (χ3n) is 3.98. The highest BCUT2D eigenvalue weighted by Crippen LogP contribution is 2.18. The number of benzene rings is 1. The van der Waals surface area contributed by atoms with Crippen LogP contribution in [-0.2, 0) is 11.3 Å². The third kappa shape index (κ3) is 5.05. The van der Waals surface area contributed by atoms with Crippen molar-refractivity contribution in [2.45, 2.75) is 47.2 Å². The van der Waals surface area contributed by atoms with Gasteiger partial charge in [0.15, 0.2) is 5.69 Å². The predicted octanol–water partition coefficient (Wildman–Crippen LogP) is 4.38. The lowest BCUT2D eigenvalue weighted by Gasteiger charge is -2.26. The summed E-state index contributed by atoms with van der Waals surface area (Å²) in [5.74, 6) is -0.439. The van der Waals surface area contributed by atoms with E-state index >= 15 is 0 Å². The SMILES string of the molecule is CCOC(=O)c1csc(CN(C(=O)Nc2ccc(C)c(C)c2)C(C)C)n1. The van der Waals surface area contributed by atoms with E-state index in [-0.39, 0.29) is 17.8 Å². The Hall–Kier alpha value is -2.41. The molecule has 0 aliphatic rings. The Bertz CT molecular complexity index is 786. The molecule has 0 fully saturated rings. The van der Waals surface area contributed by atoms with Crippen LogP contribution in [0.4, 0.5) is 10.5 Å². The van der Waals surface area contributed by atoms with E-state index < -0.39 is 5.97 Å². The molecule has 0 saturated heterocycles. The van der Waals surface area contributed by atoms with Crippen LogP contribution in [0.5, 0.6) is 0 Å². The van der Waals surface area contributed by atoms with E-state index in [1.54, 1.807) is 17.2 Å². The Kier molecular flexibility index (Phi) is 6.74. The highest BCUT2D eigenvalue weighted by Gasteiger charge is 2.20. The molecule has 2 aromatic rings. The van der Waals surface area contributed by atoms with Gasteiger partial charge in [-0.3, -0.25) is 0 Å². The molecule has 0 atom stereocenters. The average Bonchev–Trinajstić information content (AvgIpc) is 3.05. The summed E-state index contributed by atoms with van der Waals surface area (Å²) in [6.45, 7) is 10.3. The molecule has 0 unspecified atom stereocenters. The summed E-state index contributed by atoms with van der Waals surface area (Å²) >= 11 is 1.34. The topological polar surface area (TPSA) is 71.5 Å². The van der Waals surface area contributed by atoms with Gasteiger partial charge in [0.1, 0.15) is 5.01 Å². The van der Waals surface area contributed by atoms with Gasteiger partial charge in [-0.2, -0.15) is 0 Å². The number of nitrogens with one attached hydrogen (secondary N) is 1. The van der Waals surface area contributed by atoms with Gasteiger partial charge in [0.2, 0.25) is 0 Å². The largest absolute Gasteiger partial charge is 0.461 e. The molecule has 140 valence electrons. The maximum Gasteiger partial charge on any atom is 0.357 e. The second kappa shape index (κ2) is 8.80. The fourth-order valence-electron chi connectivity index (χ4n) is 2.33. The van der Waals surface area contributed by atoms with Crippen LogP contribution in [0.15, 0.2) is 23.6 Å². The van der Waals surface area contributed by atoms with Crippen molar-refractivity contribution in [1.82, 2.24) is 9.88 Å². The first-order valence-corrected chi connectivity index (χ1v) is 9.46. The number of amides is 2. The molecule has 0 aliphatic carbocycles. The molecule has 6 nitrogen and oxygen atoms in total. The van der Waals surface area contributed by atoms with Crippen LogP contribution < -0.4 is 5.32 Å². The minimum atomic E-state index is -0.439. The van der Waals surface area contributed by atoms with E-state index in [9.17, 15) is 9.59 Å². The zero-order chi connectivity index (χ0) is 19.3. The van der Waals surface area contributed by atoms with Gasteiger partial charge < -0.3 is 15.0 Å². The first-order valence-electron chi connectivity index (χ1n) is 8.58. The number of hydrogen-bond donors (Lipinski definition) is 1. The van der Waals surface area contributed by atoms with Crippen molar-refractivity contribution < 1.29 is 14.3 Å². The number of carbonyl (C=O) groups excluding carboxylic acids is 2. The number of carbonyl (C=O) groups is 2. The lowest BCUT2D eigenvalue weighted by molar-refractivity contribution is 0.0520. The molecular formula is C19H25N3O3S. The van der Waals surface area contributed by atoms with Gasteiger partial charge in [-0.25, -0.2) is 14.6 Å². The maximum atomic E-state index is 12.7. The molecule has 0 spiro atoms. The Morgan fingerprint density at radius 2 is 2.00 bits per heavy atom. The number of aryl methyl sites for hydroxylation is 2. The lowest BCUT2D eigenvalue weighted by atomic mass is 10.1. The molecule has 2 rings (SSSR count). The quantitative estimate of drug-likeness (QED) is 0.761. The van der Waals surface area contributed by atoms with Crippen LogP contribution in [0.2, 0.25) is 0 Å². The van der Waals surface area contributed by atoms with E-state index in [1.807, 2.05) is 45.9 Å². The van der Waals surface area contributed by atoms with E-state index in [0.29, 0.717) is 18.2 Å². The molecule has 0 bridgehead atoms. The number of nitrogens with zero attached hydrogens (tertiary/aromatic N) is 2. The van der Waals surface area contributed by atoms with Crippen molar-refractivity contribution in [2.24, 2.45) is 0 Å². The average molecular weight is 375 g/mol. The number of anilines is 1. The van der Waals surface area contributed by atoms with Crippen molar-refractivity contribution in [3.8, 4) is 0 Å². The normalized spacial score (nSPS) is 10.7. The second-order valence-electron chi connectivity index (χ2n) is 6.30. The number of hydrogen-bond acceptors (Lipinski definition) is 5. The molecule has 1 heterocycles. The first kappa shape index (κ1) is 19.9. The maximum absolute atomic E-state index is 12.7. The van der Waals surface area contributed by atoms with E-state index in [4.69, 9.17) is 4.74 Å². The van der Waals surface area contributed by atoms with Gasteiger partial charge >= 0.3 is 12.0 Å². The molecule has 0 radical (unpaired) electrons. The van der Waals surface area contributed by atoms with Crippen molar-refractivity contribution >= 4 is 29.0 Å². The van der Waals surface area contributed by atoms with E-state index in [1.165, 1.54) is 16.9 Å². The third-order valence-corrected chi connectivity index (χ3v) is 4.82. The number of ether oxygens (including phenoxy) is 1. The lowest BCUT2D eigenvalue weighted by Crippen LogP contribution is -2.39. The molecule has 1 aromatic heterocycles. The van der Waals surface area contributed by atoms with Gasteiger partial charge in [-0.15, -0.1) is 11.3 Å². The summed E-state index contributed by atoms with van der Waals surface area (Å²) in [6.07, 6.45) is 0. The zero-order valence-electron chi connectivity index (χ0n) is 15.8. The molecule has 0 aliphatic heterocycles. The smallest absolute Gasteiger partial charge is 0.357 e. The second-order valence-corrected chi connectivity index (χ2v) is 7.24. The highest BCUT2D eigenvalue weighted by atomic mass is 32.1. The van der Waals surface area contributed by atoms with Gasteiger partial charge in [0, 0.05) is 17.1 Å². The summed E-state index contributed by atoms with van der Waals surface area (Å²) in [4.78, 5) is 30.4. The number of rotatable bonds is 6. The summed E-state index contributed by atoms with van der Waals surface area (Å²) < 4.78 is 4.95. The fourth-order valence-corrected chi connectivity index (χ4v) is 3.09. The minimum absolute atomic E-state index is 0.0171. The van der Waals surface area contributed by atoms with Gasteiger partial charge in [-0.1, -0.05) is 6.07 Å². The van der Waals surface area contributed by atoms with Gasteiger partial charge in [-0.05, 0) is 57.9 Å². The van der Waals surface area contributed by atoms with Crippen molar-refractivity contribution in [3.63, 3.8) is 0 Å². The van der Waals surface area contributed by atoms with E-state index in [2.05, 4.69) is 10.3 Å². The first-order chi connectivity index (χ1) is 12.3. The van der Waals surface area contributed by atoms with Crippen molar-refractivity contribution in [3.05, 3.63) is 45.4 Å². The van der Waals surface area contributed by atoms with Crippen LogP contribution >= 0.6 is 11.3 Å². The molecule has 1 N–H and O–H groups in total. The monoisotopic (exact) mass is 375 g/mol. The van der Waals surface area contributed by atoms with Crippen LogP contribution in [-0.4, -0.2) is 34.5 Å². The van der Waals surface area contributed by atoms with Gasteiger partial charge in [0.25, 0.3) is 0 Å². The van der Waals surface area contributed by atoms with Crippen LogP contribution in [0.1, 0.15) is 47.4 Å². The Labute approximate surface area is 158 Å². The van der Waals surface area contributed by atoms with Crippen LogP contribution in [0.25, 0.3) is 0 Å². The molecule has 0 saturated carbocycles. The van der Waals surface area contributed by atoms with Crippen LogP contribution in [0, 0.1) is 13.8 Å². The number of esters is 1. The Balaban J connectivity index is 2.09. The fraction of sp³-hybridized carbons (Fsp3) is 0.421. The summed E-state index contributed by atoms with van der Waals surface area (Å²) in [6, 6.07) is 5.61. The predicted molar refractivity (Wildman–Crippen MR) is 104 cm³/mol. The summed E-state index contributed by atoms with van der Waals surface area (Å²) in [5, 5.41) is 5.29. The number of thiazole rings is 1. The van der Waals surface area contributed by atoms with Crippen molar-refractivity contribution in [1.29, 1.82) is 0 Å². The zero-order valence-corrected chi connectivity index (χ0v) is 16.6. The van der Waals surface area contributed by atoms with Crippen LogP contribution in [0.3, 0.4) is 0 Å². The minimum Gasteiger partial charge on any atom is -0.461 e. The molecule has 26 heavy (non-hydrogen) atoms. The Morgan fingerprint density at radius 3 is 2.62 bits per heavy atom. The van der Waals surface area contributed by atoms with Crippen molar-refractivity contribution in [2.75, 3.05) is 11.9 Å². The molecule has 1 aromatic carbocycles.